The highest BCUT2D eigenvalue weighted by Crippen LogP contribution is 2.27. The van der Waals surface area contributed by atoms with E-state index in [1.54, 1.807) is 24.3 Å². The summed E-state index contributed by atoms with van der Waals surface area (Å²) < 4.78 is 5.07. The van der Waals surface area contributed by atoms with Gasteiger partial charge in [0.05, 0.1) is 12.1 Å². The molecule has 0 aliphatic heterocycles. The van der Waals surface area contributed by atoms with Gasteiger partial charge in [-0.25, -0.2) is 0 Å². The van der Waals surface area contributed by atoms with Crippen molar-refractivity contribution in [3.05, 3.63) is 52.8 Å². The van der Waals surface area contributed by atoms with E-state index in [-0.39, 0.29) is 17.5 Å². The van der Waals surface area contributed by atoms with E-state index in [1.807, 2.05) is 13.8 Å². The largest absolute Gasteiger partial charge is 0.495 e. The van der Waals surface area contributed by atoms with Gasteiger partial charge >= 0.3 is 0 Å². The maximum atomic E-state index is 12.4. The molecular formula is C18H20ClN3O3. The van der Waals surface area contributed by atoms with Gasteiger partial charge in [0.15, 0.2) is 0 Å². The average Bonchev–Trinajstić information content (AvgIpc) is 2.60. The van der Waals surface area contributed by atoms with Crippen LogP contribution in [0.25, 0.3) is 0 Å². The van der Waals surface area contributed by atoms with E-state index in [2.05, 4.69) is 15.6 Å². The van der Waals surface area contributed by atoms with E-state index in [0.717, 1.165) is 0 Å². The lowest BCUT2D eigenvalue weighted by atomic mass is 10.2. The standard InChI is InChI=1S/C18H20ClN3O3/c1-11(2)10-21-18(24)15-8-12(6-7-20-15)17(23)22-13-4-5-16(25-3)14(19)9-13/h4-9,11H,10H2,1-3H3,(H,21,24)(H,22,23). The monoisotopic (exact) mass is 361 g/mol. The number of amides is 2. The quantitative estimate of drug-likeness (QED) is 0.826. The molecule has 1 heterocycles. The summed E-state index contributed by atoms with van der Waals surface area (Å²) in [6.07, 6.45) is 1.43. The predicted octanol–water partition coefficient (Wildman–Crippen LogP) is 3.38. The number of halogens is 1. The summed E-state index contributed by atoms with van der Waals surface area (Å²) in [7, 11) is 1.52. The highest BCUT2D eigenvalue weighted by Gasteiger charge is 2.13. The Morgan fingerprint density at radius 2 is 1.96 bits per heavy atom. The molecule has 0 bridgehead atoms. The number of carbonyl (C=O) groups excluding carboxylic acids is 2. The van der Waals surface area contributed by atoms with Crippen LogP contribution in [0.5, 0.6) is 5.75 Å². The molecule has 6 nitrogen and oxygen atoms in total. The molecule has 0 atom stereocenters. The van der Waals surface area contributed by atoms with Gasteiger partial charge in [-0.15, -0.1) is 0 Å². The van der Waals surface area contributed by atoms with Gasteiger partial charge in [0, 0.05) is 24.0 Å². The lowest BCUT2D eigenvalue weighted by molar-refractivity contribution is 0.0944. The Morgan fingerprint density at radius 3 is 2.60 bits per heavy atom. The van der Waals surface area contributed by atoms with Gasteiger partial charge in [-0.2, -0.15) is 0 Å². The van der Waals surface area contributed by atoms with Gasteiger partial charge < -0.3 is 15.4 Å². The minimum absolute atomic E-state index is 0.195. The number of benzene rings is 1. The van der Waals surface area contributed by atoms with Crippen LogP contribution >= 0.6 is 11.6 Å². The van der Waals surface area contributed by atoms with Gasteiger partial charge in [-0.3, -0.25) is 14.6 Å². The van der Waals surface area contributed by atoms with E-state index in [1.165, 1.54) is 19.4 Å². The molecule has 0 saturated heterocycles. The molecule has 0 spiro atoms. The maximum Gasteiger partial charge on any atom is 0.269 e. The lowest BCUT2D eigenvalue weighted by Gasteiger charge is -2.09. The fourth-order valence-electron chi connectivity index (χ4n) is 2.03. The Balaban J connectivity index is 2.10. The Morgan fingerprint density at radius 1 is 1.20 bits per heavy atom. The number of nitrogens with zero attached hydrogens (tertiary/aromatic N) is 1. The average molecular weight is 362 g/mol. The third-order valence-corrected chi connectivity index (χ3v) is 3.63. The topological polar surface area (TPSA) is 80.3 Å². The highest BCUT2D eigenvalue weighted by atomic mass is 35.5. The molecule has 0 saturated carbocycles. The second-order valence-corrected chi connectivity index (χ2v) is 6.24. The molecule has 1 aromatic carbocycles. The van der Waals surface area contributed by atoms with Crippen LogP contribution in [0, 0.1) is 5.92 Å². The van der Waals surface area contributed by atoms with Crippen LogP contribution in [0.3, 0.4) is 0 Å². The molecule has 0 aliphatic carbocycles. The number of aromatic nitrogens is 1. The normalized spacial score (nSPS) is 10.4. The third kappa shape index (κ3) is 5.19. The van der Waals surface area contributed by atoms with E-state index in [9.17, 15) is 9.59 Å². The van der Waals surface area contributed by atoms with Crippen LogP contribution in [0.1, 0.15) is 34.7 Å². The Bertz CT molecular complexity index is 778. The van der Waals surface area contributed by atoms with Crippen LogP contribution in [0.2, 0.25) is 5.02 Å². The van der Waals surface area contributed by atoms with Crippen molar-refractivity contribution in [2.75, 3.05) is 19.0 Å². The van der Waals surface area contributed by atoms with Crippen LogP contribution < -0.4 is 15.4 Å². The van der Waals surface area contributed by atoms with Crippen molar-refractivity contribution >= 4 is 29.1 Å². The maximum absolute atomic E-state index is 12.4. The SMILES string of the molecule is COc1ccc(NC(=O)c2ccnc(C(=O)NCC(C)C)c2)cc1Cl. The predicted molar refractivity (Wildman–Crippen MR) is 97.4 cm³/mol. The summed E-state index contributed by atoms with van der Waals surface area (Å²) in [5.41, 5.74) is 1.05. The fourth-order valence-corrected chi connectivity index (χ4v) is 2.29. The van der Waals surface area contributed by atoms with Gasteiger partial charge in [-0.05, 0) is 36.2 Å². The summed E-state index contributed by atoms with van der Waals surface area (Å²) in [5, 5.41) is 5.89. The minimum Gasteiger partial charge on any atom is -0.495 e. The molecule has 0 radical (unpaired) electrons. The lowest BCUT2D eigenvalue weighted by Crippen LogP contribution is -2.28. The number of rotatable bonds is 6. The van der Waals surface area contributed by atoms with Crippen LogP contribution in [-0.2, 0) is 0 Å². The smallest absolute Gasteiger partial charge is 0.269 e. The van der Waals surface area contributed by atoms with Crippen molar-refractivity contribution in [3.63, 3.8) is 0 Å². The first-order chi connectivity index (χ1) is 11.9. The Labute approximate surface area is 151 Å². The summed E-state index contributed by atoms with van der Waals surface area (Å²) in [5.74, 6) is 0.181. The molecule has 0 unspecified atom stereocenters. The Hall–Kier alpha value is -2.60. The second-order valence-electron chi connectivity index (χ2n) is 5.84. The molecule has 132 valence electrons. The van der Waals surface area contributed by atoms with E-state index < -0.39 is 0 Å². The molecule has 2 N–H and O–H groups in total. The van der Waals surface area contributed by atoms with Crippen LogP contribution in [0.4, 0.5) is 5.69 Å². The van der Waals surface area contributed by atoms with Crippen LogP contribution in [-0.4, -0.2) is 30.5 Å². The first-order valence-electron chi connectivity index (χ1n) is 7.80. The van der Waals surface area contributed by atoms with Gasteiger partial charge in [0.25, 0.3) is 11.8 Å². The molecule has 7 heteroatoms. The number of anilines is 1. The number of nitrogens with one attached hydrogen (secondary N) is 2. The molecule has 2 rings (SSSR count). The van der Waals surface area contributed by atoms with Gasteiger partial charge in [0.1, 0.15) is 11.4 Å². The zero-order chi connectivity index (χ0) is 18.4. The summed E-state index contributed by atoms with van der Waals surface area (Å²) in [6.45, 7) is 4.54. The number of methoxy groups -OCH3 is 1. The summed E-state index contributed by atoms with van der Waals surface area (Å²) >= 11 is 6.05. The highest BCUT2D eigenvalue weighted by molar-refractivity contribution is 6.32. The Kier molecular flexibility index (Phi) is 6.36. The number of hydrogen-bond acceptors (Lipinski definition) is 4. The molecule has 25 heavy (non-hydrogen) atoms. The first-order valence-corrected chi connectivity index (χ1v) is 8.17. The van der Waals surface area contributed by atoms with Crippen LogP contribution in [0.15, 0.2) is 36.5 Å². The minimum atomic E-state index is -0.360. The molecule has 2 aromatic rings. The van der Waals surface area contributed by atoms with Crippen molar-refractivity contribution in [1.29, 1.82) is 0 Å². The van der Waals surface area contributed by atoms with E-state index in [0.29, 0.717) is 34.5 Å². The first kappa shape index (κ1) is 18.7. The zero-order valence-electron chi connectivity index (χ0n) is 14.3. The van der Waals surface area contributed by atoms with E-state index in [4.69, 9.17) is 16.3 Å². The number of ether oxygens (including phenoxy) is 1. The molecular weight excluding hydrogens is 342 g/mol. The van der Waals surface area contributed by atoms with Gasteiger partial charge in [0.2, 0.25) is 0 Å². The van der Waals surface area contributed by atoms with E-state index >= 15 is 0 Å². The number of hydrogen-bond donors (Lipinski definition) is 2. The van der Waals surface area contributed by atoms with Crippen molar-refractivity contribution < 1.29 is 14.3 Å². The number of pyridine rings is 1. The summed E-state index contributed by atoms with van der Waals surface area (Å²) in [4.78, 5) is 28.5. The number of carbonyl (C=O) groups is 2. The third-order valence-electron chi connectivity index (χ3n) is 3.34. The van der Waals surface area contributed by atoms with Crippen molar-refractivity contribution in [1.82, 2.24) is 10.3 Å². The zero-order valence-corrected chi connectivity index (χ0v) is 15.1. The fraction of sp³-hybridized carbons (Fsp3) is 0.278. The van der Waals surface area contributed by atoms with Crippen molar-refractivity contribution in [2.24, 2.45) is 5.92 Å². The van der Waals surface area contributed by atoms with Crippen molar-refractivity contribution in [2.45, 2.75) is 13.8 Å². The molecule has 0 aliphatic rings. The summed E-state index contributed by atoms with van der Waals surface area (Å²) in [6, 6.07) is 7.93. The second kappa shape index (κ2) is 8.48. The van der Waals surface area contributed by atoms with Crippen molar-refractivity contribution in [3.8, 4) is 5.75 Å². The molecule has 1 aromatic heterocycles. The van der Waals surface area contributed by atoms with Gasteiger partial charge in [-0.1, -0.05) is 25.4 Å². The molecule has 2 amide bonds. The molecule has 0 fully saturated rings.